The molecule has 0 radical (unpaired) electrons. The highest BCUT2D eigenvalue weighted by molar-refractivity contribution is 6.08. The largest absolute Gasteiger partial charge is 0.490 e. The molecule has 0 aliphatic carbocycles. The van der Waals surface area contributed by atoms with Gasteiger partial charge in [0, 0.05) is 0 Å². The predicted molar refractivity (Wildman–Crippen MR) is 69.7 cm³/mol. The highest BCUT2D eigenvalue weighted by Crippen LogP contribution is 2.32. The first kappa shape index (κ1) is 15.0. The highest BCUT2D eigenvalue weighted by atomic mass is 16.5. The van der Waals surface area contributed by atoms with Crippen molar-refractivity contribution in [2.75, 3.05) is 20.3 Å². The minimum Gasteiger partial charge on any atom is -0.490 e. The monoisotopic (exact) mass is 266 g/mol. The summed E-state index contributed by atoms with van der Waals surface area (Å²) in [6.07, 6.45) is -0.313. The van der Waals surface area contributed by atoms with Crippen LogP contribution in [0.5, 0.6) is 11.5 Å². The standard InChI is InChI=1S/C14H18O5/c1-4-18-12-8-6-7-10(14(12)19-5-2)11(15)9-13(16)17-3/h6-8H,4-5,9H2,1-3H3. The Balaban J connectivity index is 3.07. The van der Waals surface area contributed by atoms with Gasteiger partial charge in [0.1, 0.15) is 6.42 Å². The van der Waals surface area contributed by atoms with E-state index >= 15 is 0 Å². The van der Waals surface area contributed by atoms with Crippen LogP contribution in [0.1, 0.15) is 30.6 Å². The second kappa shape index (κ2) is 7.41. The smallest absolute Gasteiger partial charge is 0.313 e. The molecule has 0 aliphatic heterocycles. The topological polar surface area (TPSA) is 61.8 Å². The molecule has 0 unspecified atom stereocenters. The maximum Gasteiger partial charge on any atom is 0.313 e. The Labute approximate surface area is 112 Å². The van der Waals surface area contributed by atoms with Gasteiger partial charge in [-0.05, 0) is 26.0 Å². The fourth-order valence-electron chi connectivity index (χ4n) is 1.60. The first-order valence-corrected chi connectivity index (χ1v) is 6.12. The van der Waals surface area contributed by atoms with Crippen LogP contribution >= 0.6 is 0 Å². The number of para-hydroxylation sites is 1. The Morgan fingerprint density at radius 1 is 1.11 bits per heavy atom. The fraction of sp³-hybridized carbons (Fsp3) is 0.429. The van der Waals surface area contributed by atoms with E-state index in [4.69, 9.17) is 9.47 Å². The van der Waals surface area contributed by atoms with Crippen molar-refractivity contribution >= 4 is 11.8 Å². The molecule has 0 saturated carbocycles. The van der Waals surface area contributed by atoms with Gasteiger partial charge in [-0.15, -0.1) is 0 Å². The van der Waals surface area contributed by atoms with E-state index in [1.54, 1.807) is 18.2 Å². The Morgan fingerprint density at radius 3 is 2.37 bits per heavy atom. The molecule has 1 aromatic rings. The lowest BCUT2D eigenvalue weighted by atomic mass is 10.1. The van der Waals surface area contributed by atoms with Gasteiger partial charge in [0.15, 0.2) is 17.3 Å². The molecular weight excluding hydrogens is 248 g/mol. The van der Waals surface area contributed by atoms with Gasteiger partial charge in [-0.1, -0.05) is 6.07 Å². The van der Waals surface area contributed by atoms with Crippen molar-refractivity contribution in [3.63, 3.8) is 0 Å². The normalized spacial score (nSPS) is 9.84. The van der Waals surface area contributed by atoms with Gasteiger partial charge in [-0.25, -0.2) is 0 Å². The Hall–Kier alpha value is -2.04. The number of ether oxygens (including phenoxy) is 3. The van der Waals surface area contributed by atoms with E-state index in [0.717, 1.165) is 0 Å². The molecule has 0 saturated heterocycles. The van der Waals surface area contributed by atoms with Crippen LogP contribution in [0.4, 0.5) is 0 Å². The van der Waals surface area contributed by atoms with E-state index in [0.29, 0.717) is 30.3 Å². The number of carbonyl (C=O) groups is 2. The summed E-state index contributed by atoms with van der Waals surface area (Å²) in [5, 5.41) is 0. The summed E-state index contributed by atoms with van der Waals surface area (Å²) in [6.45, 7) is 4.53. The summed E-state index contributed by atoms with van der Waals surface area (Å²) in [5.41, 5.74) is 0.332. The Bertz CT molecular complexity index is 453. The van der Waals surface area contributed by atoms with Crippen molar-refractivity contribution < 1.29 is 23.8 Å². The molecule has 19 heavy (non-hydrogen) atoms. The first-order chi connectivity index (χ1) is 9.13. The molecule has 1 aromatic carbocycles. The van der Waals surface area contributed by atoms with Crippen molar-refractivity contribution in [1.29, 1.82) is 0 Å². The van der Waals surface area contributed by atoms with Gasteiger partial charge in [-0.2, -0.15) is 0 Å². The van der Waals surface area contributed by atoms with Gasteiger partial charge in [-0.3, -0.25) is 9.59 Å². The molecule has 0 heterocycles. The maximum atomic E-state index is 12.0. The molecule has 1 rings (SSSR count). The third-order valence-corrected chi connectivity index (χ3v) is 2.40. The van der Waals surface area contributed by atoms with Gasteiger partial charge in [0.2, 0.25) is 0 Å². The van der Waals surface area contributed by atoms with Crippen molar-refractivity contribution in [2.45, 2.75) is 20.3 Å². The summed E-state index contributed by atoms with van der Waals surface area (Å²) in [7, 11) is 1.25. The van der Waals surface area contributed by atoms with E-state index in [-0.39, 0.29) is 12.2 Å². The molecule has 0 N–H and O–H groups in total. The van der Waals surface area contributed by atoms with Crippen LogP contribution in [-0.4, -0.2) is 32.1 Å². The molecule has 0 spiro atoms. The van der Waals surface area contributed by atoms with Crippen LogP contribution in [-0.2, 0) is 9.53 Å². The Morgan fingerprint density at radius 2 is 1.79 bits per heavy atom. The number of carbonyl (C=O) groups excluding carboxylic acids is 2. The van der Waals surface area contributed by atoms with Gasteiger partial charge in [0.05, 0.1) is 25.9 Å². The molecule has 0 atom stereocenters. The van der Waals surface area contributed by atoms with Crippen LogP contribution in [0.2, 0.25) is 0 Å². The third-order valence-electron chi connectivity index (χ3n) is 2.40. The summed E-state index contributed by atoms with van der Waals surface area (Å²) in [6, 6.07) is 5.03. The number of ketones is 1. The van der Waals surface area contributed by atoms with Gasteiger partial charge >= 0.3 is 5.97 Å². The molecule has 0 bridgehead atoms. The summed E-state index contributed by atoms with van der Waals surface area (Å²) in [5.74, 6) is -0.0491. The number of benzene rings is 1. The number of methoxy groups -OCH3 is 1. The summed E-state index contributed by atoms with van der Waals surface area (Å²) < 4.78 is 15.4. The summed E-state index contributed by atoms with van der Waals surface area (Å²) >= 11 is 0. The lowest BCUT2D eigenvalue weighted by molar-refractivity contribution is -0.139. The number of hydrogen-bond donors (Lipinski definition) is 0. The van der Waals surface area contributed by atoms with E-state index in [9.17, 15) is 9.59 Å². The fourth-order valence-corrected chi connectivity index (χ4v) is 1.60. The van der Waals surface area contributed by atoms with Crippen LogP contribution in [0.15, 0.2) is 18.2 Å². The molecule has 5 heteroatoms. The number of esters is 1. The first-order valence-electron chi connectivity index (χ1n) is 6.12. The molecular formula is C14H18O5. The van der Waals surface area contributed by atoms with Crippen molar-refractivity contribution in [1.82, 2.24) is 0 Å². The minimum absolute atomic E-state index is 0.313. The lowest BCUT2D eigenvalue weighted by Crippen LogP contribution is -2.12. The van der Waals surface area contributed by atoms with Gasteiger partial charge in [0.25, 0.3) is 0 Å². The van der Waals surface area contributed by atoms with Crippen molar-refractivity contribution in [3.8, 4) is 11.5 Å². The molecule has 5 nitrogen and oxygen atoms in total. The maximum absolute atomic E-state index is 12.0. The quantitative estimate of drug-likeness (QED) is 0.430. The van der Waals surface area contributed by atoms with E-state index in [1.807, 2.05) is 13.8 Å². The molecule has 104 valence electrons. The van der Waals surface area contributed by atoms with E-state index in [1.165, 1.54) is 7.11 Å². The zero-order valence-corrected chi connectivity index (χ0v) is 11.4. The average Bonchev–Trinajstić information content (AvgIpc) is 2.40. The van der Waals surface area contributed by atoms with Crippen molar-refractivity contribution in [2.24, 2.45) is 0 Å². The zero-order valence-electron chi connectivity index (χ0n) is 11.4. The summed E-state index contributed by atoms with van der Waals surface area (Å²) in [4.78, 5) is 23.2. The van der Waals surface area contributed by atoms with Crippen LogP contribution < -0.4 is 9.47 Å². The van der Waals surface area contributed by atoms with Gasteiger partial charge < -0.3 is 14.2 Å². The molecule has 0 fully saturated rings. The SMILES string of the molecule is CCOc1cccc(C(=O)CC(=O)OC)c1OCC. The predicted octanol–water partition coefficient (Wildman–Crippen LogP) is 2.23. The Kier molecular flexibility index (Phi) is 5.85. The van der Waals surface area contributed by atoms with Crippen molar-refractivity contribution in [3.05, 3.63) is 23.8 Å². The molecule has 0 aromatic heterocycles. The molecule has 0 aliphatic rings. The number of Topliss-reactive ketones (excluding diaryl/α,β-unsaturated/α-hetero) is 1. The minimum atomic E-state index is -0.575. The zero-order chi connectivity index (χ0) is 14.3. The number of rotatable bonds is 7. The van der Waals surface area contributed by atoms with Crippen LogP contribution in [0, 0.1) is 0 Å². The lowest BCUT2D eigenvalue weighted by Gasteiger charge is -2.14. The van der Waals surface area contributed by atoms with Crippen LogP contribution in [0.3, 0.4) is 0 Å². The molecule has 0 amide bonds. The average molecular weight is 266 g/mol. The highest BCUT2D eigenvalue weighted by Gasteiger charge is 2.19. The second-order valence-corrected chi connectivity index (χ2v) is 3.67. The third kappa shape index (κ3) is 3.98. The van der Waals surface area contributed by atoms with E-state index < -0.39 is 5.97 Å². The van der Waals surface area contributed by atoms with E-state index in [2.05, 4.69) is 4.74 Å². The number of hydrogen-bond acceptors (Lipinski definition) is 5. The van der Waals surface area contributed by atoms with Crippen LogP contribution in [0.25, 0.3) is 0 Å². The second-order valence-electron chi connectivity index (χ2n) is 3.67.